The van der Waals surface area contributed by atoms with Crippen molar-refractivity contribution in [2.24, 2.45) is 0 Å². The van der Waals surface area contributed by atoms with Crippen molar-refractivity contribution in [3.63, 3.8) is 0 Å². The number of hydrogen-bond acceptors (Lipinski definition) is 2. The van der Waals surface area contributed by atoms with Gasteiger partial charge in [-0.2, -0.15) is 13.2 Å². The number of carbonyl (C=O) groups excluding carboxylic acids is 2. The number of amides is 2. The zero-order chi connectivity index (χ0) is 19.4. The van der Waals surface area contributed by atoms with Gasteiger partial charge in [0.05, 0.1) is 5.56 Å². The molecule has 27 heavy (non-hydrogen) atoms. The number of halogens is 3. The van der Waals surface area contributed by atoms with E-state index in [1.807, 2.05) is 6.07 Å². The van der Waals surface area contributed by atoms with E-state index >= 15 is 0 Å². The Hall–Kier alpha value is -2.83. The number of alkyl halides is 3. The van der Waals surface area contributed by atoms with Gasteiger partial charge in [0.1, 0.15) is 0 Å². The minimum absolute atomic E-state index is 0.0330. The molecule has 4 nitrogen and oxygen atoms in total. The molecule has 3 rings (SSSR count). The van der Waals surface area contributed by atoms with Crippen LogP contribution in [-0.4, -0.2) is 35.8 Å². The molecule has 0 atom stereocenters. The Morgan fingerprint density at radius 1 is 0.889 bits per heavy atom. The molecule has 1 aliphatic heterocycles. The summed E-state index contributed by atoms with van der Waals surface area (Å²) >= 11 is 0. The van der Waals surface area contributed by atoms with E-state index in [9.17, 15) is 22.8 Å². The van der Waals surface area contributed by atoms with Gasteiger partial charge in [-0.25, -0.2) is 0 Å². The highest BCUT2D eigenvalue weighted by Crippen LogP contribution is 2.29. The van der Waals surface area contributed by atoms with Crippen LogP contribution in [0.3, 0.4) is 0 Å². The maximum absolute atomic E-state index is 12.6. The Labute approximate surface area is 155 Å². The molecule has 7 heteroatoms. The third-order valence-corrected chi connectivity index (χ3v) is 4.61. The third kappa shape index (κ3) is 4.67. The molecule has 1 heterocycles. The molecule has 1 saturated heterocycles. The van der Waals surface area contributed by atoms with Crippen LogP contribution >= 0.6 is 0 Å². The summed E-state index contributed by atoms with van der Waals surface area (Å²) in [5.41, 5.74) is 0.0388. The standard InChI is InChI=1S/C20H19F3N2O2/c21-20(22,23)16-8-6-15(7-9-16)19(27)25-12-10-17(11-13-25)24-18(26)14-4-2-1-3-5-14/h1-9,17H,10-13H2,(H,24,26). The van der Waals surface area contributed by atoms with E-state index < -0.39 is 11.7 Å². The molecule has 2 amide bonds. The highest BCUT2D eigenvalue weighted by molar-refractivity contribution is 5.95. The minimum Gasteiger partial charge on any atom is -0.349 e. The number of nitrogens with zero attached hydrogens (tertiary/aromatic N) is 1. The topological polar surface area (TPSA) is 49.4 Å². The number of rotatable bonds is 3. The molecule has 142 valence electrons. The van der Waals surface area contributed by atoms with Crippen LogP contribution in [-0.2, 0) is 6.18 Å². The number of likely N-dealkylation sites (tertiary alicyclic amines) is 1. The fourth-order valence-corrected chi connectivity index (χ4v) is 3.07. The lowest BCUT2D eigenvalue weighted by atomic mass is 10.0. The fraction of sp³-hybridized carbons (Fsp3) is 0.300. The lowest BCUT2D eigenvalue weighted by molar-refractivity contribution is -0.137. The van der Waals surface area contributed by atoms with Crippen molar-refractivity contribution in [1.29, 1.82) is 0 Å². The van der Waals surface area contributed by atoms with Crippen LogP contribution in [0.2, 0.25) is 0 Å². The second-order valence-electron chi connectivity index (χ2n) is 6.48. The van der Waals surface area contributed by atoms with Gasteiger partial charge in [-0.3, -0.25) is 9.59 Å². The molecule has 1 fully saturated rings. The number of nitrogens with one attached hydrogen (secondary N) is 1. The molecule has 0 aromatic heterocycles. The van der Waals surface area contributed by atoms with E-state index in [0.717, 1.165) is 12.1 Å². The van der Waals surface area contributed by atoms with Crippen molar-refractivity contribution >= 4 is 11.8 Å². The normalized spacial score (nSPS) is 15.4. The smallest absolute Gasteiger partial charge is 0.349 e. The van der Waals surface area contributed by atoms with Crippen molar-refractivity contribution in [1.82, 2.24) is 10.2 Å². The quantitative estimate of drug-likeness (QED) is 0.887. The van der Waals surface area contributed by atoms with E-state index in [1.54, 1.807) is 29.2 Å². The molecule has 1 N–H and O–H groups in total. The summed E-state index contributed by atoms with van der Waals surface area (Å²) in [6, 6.07) is 13.1. The maximum atomic E-state index is 12.6. The van der Waals surface area contributed by atoms with E-state index in [4.69, 9.17) is 0 Å². The molecule has 2 aromatic carbocycles. The molecule has 0 spiro atoms. The van der Waals surface area contributed by atoms with Gasteiger partial charge >= 0.3 is 6.18 Å². The number of benzene rings is 2. The van der Waals surface area contributed by atoms with Gasteiger partial charge in [-0.15, -0.1) is 0 Å². The lowest BCUT2D eigenvalue weighted by Crippen LogP contribution is -2.46. The van der Waals surface area contributed by atoms with E-state index in [1.165, 1.54) is 12.1 Å². The van der Waals surface area contributed by atoms with Gasteiger partial charge in [-0.1, -0.05) is 18.2 Å². The SMILES string of the molecule is O=C(NC1CCN(C(=O)c2ccc(C(F)(F)F)cc2)CC1)c1ccccc1. The van der Waals surface area contributed by atoms with Crippen LogP contribution in [0.1, 0.15) is 39.1 Å². The summed E-state index contributed by atoms with van der Waals surface area (Å²) in [6.45, 7) is 0.888. The second-order valence-corrected chi connectivity index (χ2v) is 6.48. The first-order valence-electron chi connectivity index (χ1n) is 8.67. The van der Waals surface area contributed by atoms with Gasteiger partial charge < -0.3 is 10.2 Å². The van der Waals surface area contributed by atoms with Gasteiger partial charge in [-0.05, 0) is 49.2 Å². The van der Waals surface area contributed by atoms with Crippen molar-refractivity contribution in [3.8, 4) is 0 Å². The Bertz CT molecular complexity index is 796. The Morgan fingerprint density at radius 3 is 2.04 bits per heavy atom. The molecule has 0 aliphatic carbocycles. The van der Waals surface area contributed by atoms with Crippen molar-refractivity contribution in [2.75, 3.05) is 13.1 Å². The summed E-state index contributed by atoms with van der Waals surface area (Å²) < 4.78 is 37.8. The highest BCUT2D eigenvalue weighted by atomic mass is 19.4. The average Bonchev–Trinajstić information content (AvgIpc) is 2.68. The predicted octanol–water partition coefficient (Wildman–Crippen LogP) is 3.74. The van der Waals surface area contributed by atoms with Crippen LogP contribution in [0, 0.1) is 0 Å². The lowest BCUT2D eigenvalue weighted by Gasteiger charge is -2.32. The molecular weight excluding hydrogens is 357 g/mol. The van der Waals surface area contributed by atoms with Crippen LogP contribution in [0.4, 0.5) is 13.2 Å². The Kier molecular flexibility index (Phi) is 5.48. The van der Waals surface area contributed by atoms with Gasteiger partial charge in [0.2, 0.25) is 0 Å². The molecule has 0 unspecified atom stereocenters. The monoisotopic (exact) mass is 376 g/mol. The molecule has 2 aromatic rings. The highest BCUT2D eigenvalue weighted by Gasteiger charge is 2.31. The number of piperidine rings is 1. The van der Waals surface area contributed by atoms with E-state index in [2.05, 4.69) is 5.32 Å². The summed E-state index contributed by atoms with van der Waals surface area (Å²) in [6.07, 6.45) is -3.22. The van der Waals surface area contributed by atoms with Gasteiger partial charge in [0, 0.05) is 30.3 Å². The number of carbonyl (C=O) groups is 2. The first-order chi connectivity index (χ1) is 12.8. The van der Waals surface area contributed by atoms with Crippen LogP contribution in [0.25, 0.3) is 0 Å². The molecule has 0 bridgehead atoms. The zero-order valence-electron chi connectivity index (χ0n) is 14.5. The van der Waals surface area contributed by atoms with E-state index in [0.29, 0.717) is 31.5 Å². The molecule has 0 radical (unpaired) electrons. The van der Waals surface area contributed by atoms with E-state index in [-0.39, 0.29) is 23.4 Å². The summed E-state index contributed by atoms with van der Waals surface area (Å²) in [5, 5.41) is 2.96. The van der Waals surface area contributed by atoms with Crippen LogP contribution < -0.4 is 5.32 Å². The third-order valence-electron chi connectivity index (χ3n) is 4.61. The summed E-state index contributed by atoms with van der Waals surface area (Å²) in [5.74, 6) is -0.445. The van der Waals surface area contributed by atoms with Crippen molar-refractivity contribution in [2.45, 2.75) is 25.1 Å². The predicted molar refractivity (Wildman–Crippen MR) is 94.3 cm³/mol. The van der Waals surface area contributed by atoms with Crippen LogP contribution in [0.15, 0.2) is 54.6 Å². The second kappa shape index (κ2) is 7.82. The molecular formula is C20H19F3N2O2. The van der Waals surface area contributed by atoms with Gasteiger partial charge in [0.15, 0.2) is 0 Å². The van der Waals surface area contributed by atoms with Crippen molar-refractivity contribution in [3.05, 3.63) is 71.3 Å². The minimum atomic E-state index is -4.42. The molecule has 1 aliphatic rings. The summed E-state index contributed by atoms with van der Waals surface area (Å²) in [7, 11) is 0. The molecule has 0 saturated carbocycles. The Balaban J connectivity index is 1.54. The largest absolute Gasteiger partial charge is 0.416 e. The van der Waals surface area contributed by atoms with Crippen LogP contribution in [0.5, 0.6) is 0 Å². The Morgan fingerprint density at radius 2 is 1.48 bits per heavy atom. The number of hydrogen-bond donors (Lipinski definition) is 1. The average molecular weight is 376 g/mol. The first kappa shape index (κ1) is 18.9. The fourth-order valence-electron chi connectivity index (χ4n) is 3.07. The maximum Gasteiger partial charge on any atom is 0.416 e. The summed E-state index contributed by atoms with van der Waals surface area (Å²) in [4.78, 5) is 26.3. The zero-order valence-corrected chi connectivity index (χ0v) is 14.5. The van der Waals surface area contributed by atoms with Gasteiger partial charge in [0.25, 0.3) is 11.8 Å². The first-order valence-corrected chi connectivity index (χ1v) is 8.67. The van der Waals surface area contributed by atoms with Crippen molar-refractivity contribution < 1.29 is 22.8 Å².